The van der Waals surface area contributed by atoms with Gasteiger partial charge in [0.25, 0.3) is 0 Å². The smallest absolute Gasteiger partial charge is 0.167 e. The molecule has 0 heterocycles. The van der Waals surface area contributed by atoms with Crippen molar-refractivity contribution in [3.05, 3.63) is 23.8 Å². The average molecular weight is 240 g/mol. The summed E-state index contributed by atoms with van der Waals surface area (Å²) in [5.41, 5.74) is 0.593. The van der Waals surface area contributed by atoms with E-state index in [0.29, 0.717) is 23.5 Å². The molecule has 0 radical (unpaired) electrons. The standard InChI is InChI=1S/C12H16O3S/c1-14-9-4-5-12(15-2)10(8-9)11(13)6-7-16-3/h4-5,8H,6-7H2,1-3H3. The first-order valence-corrected chi connectivity index (χ1v) is 6.36. The van der Waals surface area contributed by atoms with Crippen LogP contribution < -0.4 is 9.47 Å². The van der Waals surface area contributed by atoms with Crippen molar-refractivity contribution in [3.8, 4) is 11.5 Å². The molecule has 0 saturated heterocycles. The van der Waals surface area contributed by atoms with Gasteiger partial charge < -0.3 is 9.47 Å². The molecule has 0 fully saturated rings. The maximum Gasteiger partial charge on any atom is 0.167 e. The second kappa shape index (κ2) is 6.43. The largest absolute Gasteiger partial charge is 0.497 e. The van der Waals surface area contributed by atoms with Crippen LogP contribution >= 0.6 is 11.8 Å². The van der Waals surface area contributed by atoms with Crippen molar-refractivity contribution in [1.82, 2.24) is 0 Å². The Morgan fingerprint density at radius 3 is 2.62 bits per heavy atom. The number of hydrogen-bond acceptors (Lipinski definition) is 4. The minimum atomic E-state index is 0.0881. The van der Waals surface area contributed by atoms with E-state index in [0.717, 1.165) is 5.75 Å². The van der Waals surface area contributed by atoms with Crippen molar-refractivity contribution in [2.75, 3.05) is 26.2 Å². The van der Waals surface area contributed by atoms with Gasteiger partial charge in [0.2, 0.25) is 0 Å². The number of methoxy groups -OCH3 is 2. The molecule has 0 aliphatic carbocycles. The van der Waals surface area contributed by atoms with Crippen molar-refractivity contribution in [2.45, 2.75) is 6.42 Å². The molecule has 0 spiro atoms. The Labute approximate surface area is 100 Å². The summed E-state index contributed by atoms with van der Waals surface area (Å²) in [5.74, 6) is 2.18. The lowest BCUT2D eigenvalue weighted by molar-refractivity contribution is 0.0986. The Hall–Kier alpha value is -1.16. The Morgan fingerprint density at radius 2 is 2.06 bits per heavy atom. The number of hydrogen-bond donors (Lipinski definition) is 0. The molecule has 0 aliphatic rings. The van der Waals surface area contributed by atoms with E-state index in [4.69, 9.17) is 9.47 Å². The lowest BCUT2D eigenvalue weighted by Gasteiger charge is -2.09. The number of ketones is 1. The summed E-state index contributed by atoms with van der Waals surface area (Å²) in [6.07, 6.45) is 2.50. The molecule has 0 bridgehead atoms. The second-order valence-corrected chi connectivity index (χ2v) is 4.22. The van der Waals surface area contributed by atoms with E-state index in [1.165, 1.54) is 0 Å². The monoisotopic (exact) mass is 240 g/mol. The summed E-state index contributed by atoms with van der Waals surface area (Å²) in [6.45, 7) is 0. The highest BCUT2D eigenvalue weighted by molar-refractivity contribution is 7.98. The lowest BCUT2D eigenvalue weighted by Crippen LogP contribution is -2.03. The van der Waals surface area contributed by atoms with Crippen LogP contribution in [0.4, 0.5) is 0 Å². The molecule has 4 heteroatoms. The van der Waals surface area contributed by atoms with Crippen molar-refractivity contribution in [2.24, 2.45) is 0 Å². The summed E-state index contributed by atoms with van der Waals surface area (Å²) >= 11 is 1.66. The molecule has 0 aliphatic heterocycles. The highest BCUT2D eigenvalue weighted by atomic mass is 32.2. The quantitative estimate of drug-likeness (QED) is 0.716. The predicted molar refractivity (Wildman–Crippen MR) is 66.9 cm³/mol. The number of Topliss-reactive ketones (excluding diaryl/α,β-unsaturated/α-hetero) is 1. The third-order valence-corrected chi connectivity index (χ3v) is 2.85. The van der Waals surface area contributed by atoms with Gasteiger partial charge in [-0.15, -0.1) is 0 Å². The zero-order valence-corrected chi connectivity index (χ0v) is 10.6. The third-order valence-electron chi connectivity index (χ3n) is 2.24. The maximum absolute atomic E-state index is 11.9. The zero-order chi connectivity index (χ0) is 12.0. The molecular formula is C12H16O3S. The molecule has 3 nitrogen and oxygen atoms in total. The van der Waals surface area contributed by atoms with Gasteiger partial charge in [0, 0.05) is 12.2 Å². The summed E-state index contributed by atoms with van der Waals surface area (Å²) in [6, 6.07) is 5.26. The average Bonchev–Trinajstić information content (AvgIpc) is 2.35. The fraction of sp³-hybridized carbons (Fsp3) is 0.417. The number of thioether (sulfide) groups is 1. The summed E-state index contributed by atoms with van der Waals surface area (Å²) in [5, 5.41) is 0. The number of benzene rings is 1. The van der Waals surface area contributed by atoms with Crippen LogP contribution in [0.15, 0.2) is 18.2 Å². The predicted octanol–water partition coefficient (Wildman–Crippen LogP) is 2.64. The van der Waals surface area contributed by atoms with E-state index in [-0.39, 0.29) is 5.78 Å². The van der Waals surface area contributed by atoms with Crippen molar-refractivity contribution < 1.29 is 14.3 Å². The molecule has 0 N–H and O–H groups in total. The molecule has 0 amide bonds. The first-order chi connectivity index (χ1) is 7.72. The van der Waals surface area contributed by atoms with E-state index in [2.05, 4.69) is 0 Å². The maximum atomic E-state index is 11.9. The molecule has 0 atom stereocenters. The first-order valence-electron chi connectivity index (χ1n) is 4.97. The molecule has 0 saturated carbocycles. The molecule has 1 rings (SSSR count). The molecule has 16 heavy (non-hydrogen) atoms. The van der Waals surface area contributed by atoms with Gasteiger partial charge in [-0.25, -0.2) is 0 Å². The molecule has 0 aromatic heterocycles. The minimum Gasteiger partial charge on any atom is -0.497 e. The fourth-order valence-corrected chi connectivity index (χ4v) is 1.75. The normalized spacial score (nSPS) is 9.94. The van der Waals surface area contributed by atoms with E-state index in [1.807, 2.05) is 6.26 Å². The van der Waals surface area contributed by atoms with E-state index in [9.17, 15) is 4.79 Å². The molecule has 1 aromatic carbocycles. The molecular weight excluding hydrogens is 224 g/mol. The Kier molecular flexibility index (Phi) is 5.19. The topological polar surface area (TPSA) is 35.5 Å². The number of rotatable bonds is 6. The SMILES string of the molecule is COc1ccc(OC)c(C(=O)CCSC)c1. The van der Waals surface area contributed by atoms with Gasteiger partial charge in [-0.05, 0) is 24.5 Å². The molecule has 88 valence electrons. The Bertz CT molecular complexity index is 363. The Balaban J connectivity index is 2.94. The van der Waals surface area contributed by atoms with Gasteiger partial charge >= 0.3 is 0 Å². The van der Waals surface area contributed by atoms with Gasteiger partial charge in [-0.2, -0.15) is 11.8 Å². The Morgan fingerprint density at radius 1 is 1.31 bits per heavy atom. The lowest BCUT2D eigenvalue weighted by atomic mass is 10.1. The number of carbonyl (C=O) groups excluding carboxylic acids is 1. The van der Waals surface area contributed by atoms with Crippen LogP contribution in [0.5, 0.6) is 11.5 Å². The van der Waals surface area contributed by atoms with Gasteiger partial charge in [0.15, 0.2) is 5.78 Å². The zero-order valence-electron chi connectivity index (χ0n) is 9.78. The van der Waals surface area contributed by atoms with Crippen LogP contribution in [0.2, 0.25) is 0 Å². The van der Waals surface area contributed by atoms with Crippen LogP contribution in [0, 0.1) is 0 Å². The number of ether oxygens (including phenoxy) is 2. The van der Waals surface area contributed by atoms with E-state index < -0.39 is 0 Å². The van der Waals surface area contributed by atoms with Crippen LogP contribution in [-0.2, 0) is 0 Å². The van der Waals surface area contributed by atoms with Crippen molar-refractivity contribution in [1.29, 1.82) is 0 Å². The van der Waals surface area contributed by atoms with Gasteiger partial charge in [-0.1, -0.05) is 0 Å². The van der Waals surface area contributed by atoms with Gasteiger partial charge in [0.1, 0.15) is 11.5 Å². The van der Waals surface area contributed by atoms with Gasteiger partial charge in [-0.3, -0.25) is 4.79 Å². The minimum absolute atomic E-state index is 0.0881. The van der Waals surface area contributed by atoms with Crippen molar-refractivity contribution in [3.63, 3.8) is 0 Å². The number of carbonyl (C=O) groups is 1. The highest BCUT2D eigenvalue weighted by Gasteiger charge is 2.12. The summed E-state index contributed by atoms with van der Waals surface area (Å²) < 4.78 is 10.3. The van der Waals surface area contributed by atoms with Crippen molar-refractivity contribution >= 4 is 17.5 Å². The first kappa shape index (κ1) is 12.9. The highest BCUT2D eigenvalue weighted by Crippen LogP contribution is 2.25. The van der Waals surface area contributed by atoms with E-state index in [1.54, 1.807) is 44.2 Å². The summed E-state index contributed by atoms with van der Waals surface area (Å²) in [7, 11) is 3.14. The van der Waals surface area contributed by atoms with Crippen LogP contribution in [0.1, 0.15) is 16.8 Å². The summed E-state index contributed by atoms with van der Waals surface area (Å²) in [4.78, 5) is 11.9. The second-order valence-electron chi connectivity index (χ2n) is 3.23. The molecule has 0 unspecified atom stereocenters. The van der Waals surface area contributed by atoms with Crippen LogP contribution in [0.3, 0.4) is 0 Å². The van der Waals surface area contributed by atoms with Crippen LogP contribution in [-0.4, -0.2) is 32.0 Å². The van der Waals surface area contributed by atoms with Gasteiger partial charge in [0.05, 0.1) is 19.8 Å². The van der Waals surface area contributed by atoms with E-state index >= 15 is 0 Å². The fourth-order valence-electron chi connectivity index (χ4n) is 1.36. The third kappa shape index (κ3) is 3.17. The van der Waals surface area contributed by atoms with Crippen LogP contribution in [0.25, 0.3) is 0 Å². The molecule has 1 aromatic rings.